The summed E-state index contributed by atoms with van der Waals surface area (Å²) in [6.45, 7) is 0. The van der Waals surface area contributed by atoms with Gasteiger partial charge in [0.1, 0.15) is 0 Å². The zero-order valence-corrected chi connectivity index (χ0v) is 7.85. The number of rotatable bonds is 1. The van der Waals surface area contributed by atoms with E-state index in [0.29, 0.717) is 0 Å². The van der Waals surface area contributed by atoms with Gasteiger partial charge in [-0.25, -0.2) is 0 Å². The zero-order valence-electron chi connectivity index (χ0n) is 6.21. The first-order chi connectivity index (χ1) is 4.97. The molecule has 0 nitrogen and oxygen atoms in total. The SMILES string of the molecule is C1CCC(B2SCCS2)C1. The number of hydrogen-bond acceptors (Lipinski definition) is 2. The third-order valence-corrected chi connectivity index (χ3v) is 5.81. The Hall–Kier alpha value is 0.765. The summed E-state index contributed by atoms with van der Waals surface area (Å²) < 4.78 is 0. The van der Waals surface area contributed by atoms with Crippen LogP contribution < -0.4 is 0 Å². The van der Waals surface area contributed by atoms with Crippen LogP contribution in [0.4, 0.5) is 0 Å². The molecule has 0 spiro atoms. The smallest absolute Gasteiger partial charge is 0.194 e. The van der Waals surface area contributed by atoms with E-state index >= 15 is 0 Å². The van der Waals surface area contributed by atoms with Crippen molar-refractivity contribution in [1.82, 2.24) is 0 Å². The third-order valence-electron chi connectivity index (χ3n) is 2.43. The average molecular weight is 172 g/mol. The molecule has 0 amide bonds. The van der Waals surface area contributed by atoms with Crippen LogP contribution in [-0.2, 0) is 0 Å². The molecule has 10 heavy (non-hydrogen) atoms. The fourth-order valence-electron chi connectivity index (χ4n) is 1.88. The van der Waals surface area contributed by atoms with Crippen molar-refractivity contribution in [1.29, 1.82) is 0 Å². The summed E-state index contributed by atoms with van der Waals surface area (Å²) >= 11 is 4.41. The molecular formula is C7H13BS2. The van der Waals surface area contributed by atoms with E-state index in [2.05, 4.69) is 23.2 Å². The van der Waals surface area contributed by atoms with E-state index in [0.717, 1.165) is 11.1 Å². The minimum atomic E-state index is 0.988. The van der Waals surface area contributed by atoms with Crippen LogP contribution in [-0.4, -0.2) is 16.8 Å². The summed E-state index contributed by atoms with van der Waals surface area (Å²) in [5.41, 5.74) is 0. The highest BCUT2D eigenvalue weighted by Gasteiger charge is 2.32. The van der Waals surface area contributed by atoms with Crippen molar-refractivity contribution in [3.05, 3.63) is 0 Å². The van der Waals surface area contributed by atoms with Crippen LogP contribution in [0.15, 0.2) is 0 Å². The highest BCUT2D eigenvalue weighted by molar-refractivity contribution is 8.56. The highest BCUT2D eigenvalue weighted by atomic mass is 32.2. The molecule has 56 valence electrons. The predicted molar refractivity (Wildman–Crippen MR) is 52.9 cm³/mol. The van der Waals surface area contributed by atoms with Crippen molar-refractivity contribution in [3.8, 4) is 0 Å². The van der Waals surface area contributed by atoms with E-state index in [9.17, 15) is 0 Å². The molecule has 1 aliphatic heterocycles. The third kappa shape index (κ3) is 1.50. The number of hydrogen-bond donors (Lipinski definition) is 0. The first kappa shape index (κ1) is 7.42. The normalized spacial score (nSPS) is 28.2. The summed E-state index contributed by atoms with van der Waals surface area (Å²) in [5, 5.41) is 0.988. The van der Waals surface area contributed by atoms with Gasteiger partial charge in [-0.15, -0.1) is 0 Å². The monoisotopic (exact) mass is 172 g/mol. The first-order valence-corrected chi connectivity index (χ1v) is 6.30. The molecule has 0 radical (unpaired) electrons. The average Bonchev–Trinajstić information content (AvgIpc) is 2.59. The summed E-state index contributed by atoms with van der Waals surface area (Å²) in [7, 11) is 0. The molecule has 1 aliphatic carbocycles. The Labute approximate surface area is 71.8 Å². The second kappa shape index (κ2) is 3.44. The Bertz CT molecular complexity index is 92.2. The van der Waals surface area contributed by atoms with E-state index in [-0.39, 0.29) is 0 Å². The molecule has 0 unspecified atom stereocenters. The fraction of sp³-hybridized carbons (Fsp3) is 1.00. The van der Waals surface area contributed by atoms with E-state index in [1.165, 1.54) is 37.2 Å². The van der Waals surface area contributed by atoms with Crippen LogP contribution in [0.5, 0.6) is 0 Å². The lowest BCUT2D eigenvalue weighted by molar-refractivity contribution is 0.874. The van der Waals surface area contributed by atoms with E-state index in [1.807, 2.05) is 0 Å². The molecule has 2 rings (SSSR count). The maximum atomic E-state index is 2.20. The summed E-state index contributed by atoms with van der Waals surface area (Å²) in [5.74, 6) is 3.90. The standard InChI is InChI=1S/C7H13BS2/c1-2-4-7(3-1)8-9-5-6-10-8/h7H,1-6H2. The van der Waals surface area contributed by atoms with Crippen molar-refractivity contribution < 1.29 is 0 Å². The quantitative estimate of drug-likeness (QED) is 0.558. The van der Waals surface area contributed by atoms with Gasteiger partial charge in [-0.3, -0.25) is 0 Å². The Morgan fingerprint density at radius 3 is 2.20 bits per heavy atom. The Balaban J connectivity index is 1.85. The largest absolute Gasteiger partial charge is 0.276 e. The maximum Gasteiger partial charge on any atom is 0.276 e. The summed E-state index contributed by atoms with van der Waals surface area (Å²) in [4.78, 5) is 0. The molecule has 0 N–H and O–H groups in total. The minimum absolute atomic E-state index is 0.988. The summed E-state index contributed by atoms with van der Waals surface area (Å²) in [6, 6.07) is 0. The maximum absolute atomic E-state index is 2.20. The van der Waals surface area contributed by atoms with Crippen LogP contribution in [0.2, 0.25) is 5.82 Å². The lowest BCUT2D eigenvalue weighted by Gasteiger charge is -2.10. The molecule has 0 aromatic rings. The molecule has 0 atom stereocenters. The van der Waals surface area contributed by atoms with Gasteiger partial charge in [0.25, 0.3) is 5.27 Å². The first-order valence-electron chi connectivity index (χ1n) is 4.20. The molecule has 1 heterocycles. The Morgan fingerprint density at radius 2 is 1.60 bits per heavy atom. The van der Waals surface area contributed by atoms with Crippen LogP contribution in [0.1, 0.15) is 25.7 Å². The van der Waals surface area contributed by atoms with Gasteiger partial charge in [0.05, 0.1) is 0 Å². The van der Waals surface area contributed by atoms with Gasteiger partial charge in [0.2, 0.25) is 0 Å². The van der Waals surface area contributed by atoms with Crippen LogP contribution in [0.25, 0.3) is 0 Å². The van der Waals surface area contributed by atoms with Crippen molar-refractivity contribution >= 4 is 28.5 Å². The van der Waals surface area contributed by atoms with Gasteiger partial charge in [0.15, 0.2) is 0 Å². The van der Waals surface area contributed by atoms with Crippen molar-refractivity contribution in [2.24, 2.45) is 0 Å². The van der Waals surface area contributed by atoms with Crippen LogP contribution in [0.3, 0.4) is 0 Å². The second-order valence-electron chi connectivity index (χ2n) is 3.15. The summed E-state index contributed by atoms with van der Waals surface area (Å²) in [6.07, 6.45) is 6.04. The molecule has 0 bridgehead atoms. The lowest BCUT2D eigenvalue weighted by Crippen LogP contribution is -2.05. The van der Waals surface area contributed by atoms with Gasteiger partial charge in [-0.05, 0) is 17.3 Å². The molecule has 1 saturated heterocycles. The van der Waals surface area contributed by atoms with Crippen molar-refractivity contribution in [2.75, 3.05) is 11.5 Å². The zero-order chi connectivity index (χ0) is 6.81. The van der Waals surface area contributed by atoms with E-state index in [1.54, 1.807) is 0 Å². The molecule has 0 aromatic carbocycles. The van der Waals surface area contributed by atoms with E-state index < -0.39 is 0 Å². The van der Waals surface area contributed by atoms with Crippen molar-refractivity contribution in [2.45, 2.75) is 31.5 Å². The topological polar surface area (TPSA) is 0 Å². The molecule has 3 heteroatoms. The van der Waals surface area contributed by atoms with Gasteiger partial charge in [0, 0.05) is 0 Å². The molecular weight excluding hydrogens is 159 g/mol. The van der Waals surface area contributed by atoms with E-state index in [4.69, 9.17) is 0 Å². The fourth-order valence-corrected chi connectivity index (χ4v) is 5.16. The van der Waals surface area contributed by atoms with Crippen LogP contribution in [0, 0.1) is 0 Å². The minimum Gasteiger partial charge on any atom is -0.194 e. The molecule has 0 aromatic heterocycles. The predicted octanol–water partition coefficient (Wildman–Crippen LogP) is 2.90. The molecule has 2 aliphatic rings. The van der Waals surface area contributed by atoms with Crippen molar-refractivity contribution in [3.63, 3.8) is 0 Å². The van der Waals surface area contributed by atoms with Gasteiger partial charge in [-0.2, -0.15) is 23.2 Å². The Kier molecular flexibility index (Phi) is 2.55. The highest BCUT2D eigenvalue weighted by Crippen LogP contribution is 2.44. The molecule has 1 saturated carbocycles. The van der Waals surface area contributed by atoms with Gasteiger partial charge in [-0.1, -0.05) is 25.7 Å². The van der Waals surface area contributed by atoms with Gasteiger partial charge < -0.3 is 0 Å². The lowest BCUT2D eigenvalue weighted by atomic mass is 9.83. The van der Waals surface area contributed by atoms with Crippen LogP contribution >= 0.6 is 23.2 Å². The second-order valence-corrected chi connectivity index (χ2v) is 5.95. The van der Waals surface area contributed by atoms with Gasteiger partial charge >= 0.3 is 0 Å². The Morgan fingerprint density at radius 1 is 1.00 bits per heavy atom. The molecule has 2 fully saturated rings.